The molecule has 31 heavy (non-hydrogen) atoms. The molecule has 3 heterocycles. The first-order chi connectivity index (χ1) is 15.0. The van der Waals surface area contributed by atoms with E-state index in [1.807, 2.05) is 6.07 Å². The molecule has 0 amide bonds. The highest BCUT2D eigenvalue weighted by atomic mass is 16.3. The highest BCUT2D eigenvalue weighted by Gasteiger charge is 2.21. The SMILES string of the molecule is Cc1ccc2c(oc3ncccc32)c1-c1ccc(-c2cccc(CC(C)C)c2)c[n+]1C. The Morgan fingerprint density at radius 2 is 1.81 bits per heavy atom. The van der Waals surface area contributed by atoms with Gasteiger partial charge < -0.3 is 4.42 Å². The van der Waals surface area contributed by atoms with Crippen molar-refractivity contribution in [2.45, 2.75) is 27.2 Å². The van der Waals surface area contributed by atoms with Gasteiger partial charge in [0.1, 0.15) is 7.05 Å². The summed E-state index contributed by atoms with van der Waals surface area (Å²) in [5, 5.41) is 2.16. The molecule has 0 radical (unpaired) electrons. The summed E-state index contributed by atoms with van der Waals surface area (Å²) < 4.78 is 8.42. The maximum Gasteiger partial charge on any atom is 0.227 e. The third kappa shape index (κ3) is 3.50. The number of fused-ring (bicyclic) bond motifs is 3. The molecule has 154 valence electrons. The van der Waals surface area contributed by atoms with Crippen LogP contribution in [0.3, 0.4) is 0 Å². The molecule has 0 unspecified atom stereocenters. The van der Waals surface area contributed by atoms with E-state index in [9.17, 15) is 0 Å². The van der Waals surface area contributed by atoms with Crippen molar-refractivity contribution in [3.63, 3.8) is 0 Å². The molecule has 0 saturated heterocycles. The van der Waals surface area contributed by atoms with Crippen molar-refractivity contribution in [1.29, 1.82) is 0 Å². The first-order valence-electron chi connectivity index (χ1n) is 10.9. The fourth-order valence-electron chi connectivity index (χ4n) is 4.48. The second-order valence-electron chi connectivity index (χ2n) is 8.80. The predicted molar refractivity (Wildman–Crippen MR) is 127 cm³/mol. The lowest BCUT2D eigenvalue weighted by atomic mass is 9.97. The smallest absolute Gasteiger partial charge is 0.227 e. The summed E-state index contributed by atoms with van der Waals surface area (Å²) in [4.78, 5) is 4.41. The third-order valence-electron chi connectivity index (χ3n) is 5.92. The van der Waals surface area contributed by atoms with Crippen molar-refractivity contribution in [3.8, 4) is 22.4 Å². The summed E-state index contributed by atoms with van der Waals surface area (Å²) in [5.74, 6) is 0.649. The molecule has 3 heteroatoms. The fourth-order valence-corrected chi connectivity index (χ4v) is 4.48. The Morgan fingerprint density at radius 1 is 0.935 bits per heavy atom. The minimum absolute atomic E-state index is 0.649. The maximum absolute atomic E-state index is 6.22. The van der Waals surface area contributed by atoms with Crippen LogP contribution in [0.2, 0.25) is 0 Å². The van der Waals surface area contributed by atoms with Crippen LogP contribution in [0, 0.1) is 12.8 Å². The molecule has 0 N–H and O–H groups in total. The first-order valence-corrected chi connectivity index (χ1v) is 10.9. The van der Waals surface area contributed by atoms with Crippen molar-refractivity contribution < 1.29 is 8.98 Å². The van der Waals surface area contributed by atoms with Crippen LogP contribution in [0.25, 0.3) is 44.5 Å². The highest BCUT2D eigenvalue weighted by Crippen LogP contribution is 2.36. The van der Waals surface area contributed by atoms with Crippen molar-refractivity contribution in [1.82, 2.24) is 4.98 Å². The lowest BCUT2D eigenvalue weighted by Gasteiger charge is -2.09. The van der Waals surface area contributed by atoms with E-state index in [0.29, 0.717) is 11.6 Å². The van der Waals surface area contributed by atoms with E-state index >= 15 is 0 Å². The van der Waals surface area contributed by atoms with Gasteiger partial charge in [-0.05, 0) is 54.2 Å². The molecule has 2 aromatic carbocycles. The van der Waals surface area contributed by atoms with E-state index in [2.05, 4.69) is 98.2 Å². The molecule has 0 aliphatic rings. The van der Waals surface area contributed by atoms with Gasteiger partial charge in [0.05, 0.1) is 5.56 Å². The number of benzene rings is 2. The average molecular weight is 408 g/mol. The minimum atomic E-state index is 0.649. The molecule has 3 aromatic heterocycles. The van der Waals surface area contributed by atoms with Crippen molar-refractivity contribution in [3.05, 3.63) is 84.2 Å². The van der Waals surface area contributed by atoms with E-state index in [1.165, 1.54) is 22.3 Å². The van der Waals surface area contributed by atoms with Crippen molar-refractivity contribution in [2.24, 2.45) is 13.0 Å². The minimum Gasteiger partial charge on any atom is -0.437 e. The van der Waals surface area contributed by atoms with Crippen LogP contribution in [0.4, 0.5) is 0 Å². The van der Waals surface area contributed by atoms with Gasteiger partial charge in [0, 0.05) is 28.6 Å². The van der Waals surface area contributed by atoms with Crippen LogP contribution < -0.4 is 4.57 Å². The number of rotatable bonds is 4. The third-order valence-corrected chi connectivity index (χ3v) is 5.92. The standard InChI is InChI=1S/C28H27N2O/c1-18(2)15-20-7-5-8-21(16-20)22-11-13-25(30(4)17-22)26-19(3)10-12-23-24-9-6-14-29-28(24)31-27(23)26/h5-14,16-18H,15H2,1-4H3/q+1. The average Bonchev–Trinajstić information content (AvgIpc) is 3.12. The summed E-state index contributed by atoms with van der Waals surface area (Å²) in [6.45, 7) is 6.66. The van der Waals surface area contributed by atoms with Crippen LogP contribution in [-0.2, 0) is 13.5 Å². The Bertz CT molecular complexity index is 1410. The Hall–Kier alpha value is -3.46. The molecule has 5 rings (SSSR count). The second kappa shape index (κ2) is 7.66. The van der Waals surface area contributed by atoms with E-state index in [4.69, 9.17) is 4.42 Å². The molecule has 0 aliphatic carbocycles. The number of aromatic nitrogens is 2. The summed E-state index contributed by atoms with van der Waals surface area (Å²) in [5.41, 5.74) is 8.88. The van der Waals surface area contributed by atoms with Crippen molar-refractivity contribution >= 4 is 22.1 Å². The van der Waals surface area contributed by atoms with E-state index in [0.717, 1.165) is 34.0 Å². The lowest BCUT2D eigenvalue weighted by Crippen LogP contribution is -2.31. The zero-order valence-electron chi connectivity index (χ0n) is 18.5. The fraction of sp³-hybridized carbons (Fsp3) is 0.214. The Balaban J connectivity index is 1.63. The van der Waals surface area contributed by atoms with Gasteiger partial charge in [-0.25, -0.2) is 9.55 Å². The lowest BCUT2D eigenvalue weighted by molar-refractivity contribution is -0.659. The number of aryl methyl sites for hydroxylation is 2. The molecule has 0 fully saturated rings. The number of hydrogen-bond donors (Lipinski definition) is 0. The van der Waals surface area contributed by atoms with Crippen LogP contribution in [0.1, 0.15) is 25.0 Å². The molecule has 5 aromatic rings. The molecule has 0 spiro atoms. The molecular formula is C28H27N2O+. The summed E-state index contributed by atoms with van der Waals surface area (Å²) in [6, 6.07) is 21.6. The van der Waals surface area contributed by atoms with Crippen LogP contribution in [0.15, 0.2) is 77.5 Å². The molecule has 0 bridgehead atoms. The molecule has 0 atom stereocenters. The molecular weight excluding hydrogens is 380 g/mol. The monoisotopic (exact) mass is 407 g/mol. The van der Waals surface area contributed by atoms with Gasteiger partial charge in [0.2, 0.25) is 11.4 Å². The number of furan rings is 1. The normalized spacial score (nSPS) is 11.6. The van der Waals surface area contributed by atoms with Gasteiger partial charge in [-0.15, -0.1) is 0 Å². The number of nitrogens with zero attached hydrogens (tertiary/aromatic N) is 2. The van der Waals surface area contributed by atoms with Gasteiger partial charge in [-0.3, -0.25) is 0 Å². The number of pyridine rings is 2. The molecule has 0 saturated carbocycles. The second-order valence-corrected chi connectivity index (χ2v) is 8.80. The topological polar surface area (TPSA) is 29.9 Å². The first kappa shape index (κ1) is 19.5. The molecule has 0 aliphatic heterocycles. The Kier molecular flexibility index (Phi) is 4.82. The van der Waals surface area contributed by atoms with Crippen molar-refractivity contribution in [2.75, 3.05) is 0 Å². The zero-order valence-corrected chi connectivity index (χ0v) is 18.5. The Morgan fingerprint density at radius 3 is 2.61 bits per heavy atom. The van der Waals surface area contributed by atoms with Gasteiger partial charge in [-0.1, -0.05) is 50.2 Å². The van der Waals surface area contributed by atoms with Gasteiger partial charge >= 0.3 is 0 Å². The zero-order chi connectivity index (χ0) is 21.5. The van der Waals surface area contributed by atoms with Gasteiger partial charge in [-0.2, -0.15) is 0 Å². The summed E-state index contributed by atoms with van der Waals surface area (Å²) in [6.07, 6.45) is 5.09. The maximum atomic E-state index is 6.22. The predicted octanol–water partition coefficient (Wildman–Crippen LogP) is 6.65. The molecule has 3 nitrogen and oxygen atoms in total. The Labute approximate surface area is 183 Å². The largest absolute Gasteiger partial charge is 0.437 e. The highest BCUT2D eigenvalue weighted by molar-refractivity contribution is 6.08. The van der Waals surface area contributed by atoms with E-state index < -0.39 is 0 Å². The van der Waals surface area contributed by atoms with Crippen LogP contribution >= 0.6 is 0 Å². The summed E-state index contributed by atoms with van der Waals surface area (Å²) in [7, 11) is 2.11. The van der Waals surface area contributed by atoms with Gasteiger partial charge in [0.15, 0.2) is 11.8 Å². The summed E-state index contributed by atoms with van der Waals surface area (Å²) >= 11 is 0. The van der Waals surface area contributed by atoms with E-state index in [-0.39, 0.29) is 0 Å². The van der Waals surface area contributed by atoms with E-state index in [1.54, 1.807) is 6.20 Å². The van der Waals surface area contributed by atoms with Crippen LogP contribution in [0.5, 0.6) is 0 Å². The number of hydrogen-bond acceptors (Lipinski definition) is 2. The van der Waals surface area contributed by atoms with Crippen LogP contribution in [-0.4, -0.2) is 4.98 Å². The van der Waals surface area contributed by atoms with Gasteiger partial charge in [0.25, 0.3) is 0 Å². The quantitative estimate of drug-likeness (QED) is 0.312.